The summed E-state index contributed by atoms with van der Waals surface area (Å²) in [5, 5.41) is 7.40. The third-order valence-corrected chi connectivity index (χ3v) is 4.66. The number of ether oxygens (including phenoxy) is 1. The van der Waals surface area contributed by atoms with Crippen LogP contribution < -0.4 is 20.3 Å². The Kier molecular flexibility index (Phi) is 6.25. The number of likely N-dealkylation sites (tertiary alicyclic amines) is 1. The Bertz CT molecular complexity index is 675. The summed E-state index contributed by atoms with van der Waals surface area (Å²) in [5.74, 6) is 0.878. The first-order valence-corrected chi connectivity index (χ1v) is 9.31. The van der Waals surface area contributed by atoms with Crippen molar-refractivity contribution in [2.24, 2.45) is 0 Å². The van der Waals surface area contributed by atoms with E-state index >= 15 is 0 Å². The van der Waals surface area contributed by atoms with Gasteiger partial charge in [0, 0.05) is 17.7 Å². The van der Waals surface area contributed by atoms with E-state index in [-0.39, 0.29) is 0 Å². The Balaban J connectivity index is 1.44. The maximum Gasteiger partial charge on any atom is 0.171 e. The molecule has 2 aromatic carbocycles. The molecule has 132 valence electrons. The predicted octanol–water partition coefficient (Wildman–Crippen LogP) is 2.23. The lowest BCUT2D eigenvalue weighted by atomic mass is 10.2. The SMILES string of the molecule is CCOc1ccc(NC(=S)N[C@H]2CC[NH+](Cc3ccccc3)C2)cc1. The highest BCUT2D eigenvalue weighted by Gasteiger charge is 2.26. The fourth-order valence-corrected chi connectivity index (χ4v) is 3.54. The molecule has 1 aliphatic heterocycles. The molecule has 4 nitrogen and oxygen atoms in total. The molecular formula is C20H26N3OS+. The van der Waals surface area contributed by atoms with Crippen molar-refractivity contribution in [3.8, 4) is 5.75 Å². The zero-order chi connectivity index (χ0) is 17.5. The fraction of sp³-hybridized carbons (Fsp3) is 0.350. The zero-order valence-corrected chi connectivity index (χ0v) is 15.4. The number of benzene rings is 2. The van der Waals surface area contributed by atoms with Gasteiger partial charge in [-0.05, 0) is 43.4 Å². The molecule has 0 radical (unpaired) electrons. The lowest BCUT2D eigenvalue weighted by Crippen LogP contribution is -3.09. The van der Waals surface area contributed by atoms with Gasteiger partial charge in [-0.15, -0.1) is 0 Å². The van der Waals surface area contributed by atoms with Crippen LogP contribution >= 0.6 is 12.2 Å². The Morgan fingerprint density at radius 3 is 2.64 bits per heavy atom. The van der Waals surface area contributed by atoms with Crippen molar-refractivity contribution >= 4 is 23.0 Å². The molecule has 2 atom stereocenters. The van der Waals surface area contributed by atoms with Crippen molar-refractivity contribution in [3.63, 3.8) is 0 Å². The molecular weight excluding hydrogens is 330 g/mol. The number of rotatable bonds is 6. The second-order valence-corrected chi connectivity index (χ2v) is 6.82. The van der Waals surface area contributed by atoms with E-state index in [1.807, 2.05) is 31.2 Å². The molecule has 1 saturated heterocycles. The van der Waals surface area contributed by atoms with E-state index in [1.165, 1.54) is 12.1 Å². The lowest BCUT2D eigenvalue weighted by molar-refractivity contribution is -0.901. The highest BCUT2D eigenvalue weighted by atomic mass is 32.1. The van der Waals surface area contributed by atoms with Gasteiger partial charge in [0.25, 0.3) is 0 Å². The monoisotopic (exact) mass is 356 g/mol. The third-order valence-electron chi connectivity index (χ3n) is 4.44. The van der Waals surface area contributed by atoms with Crippen LogP contribution in [0.3, 0.4) is 0 Å². The quantitative estimate of drug-likeness (QED) is 0.694. The first-order chi connectivity index (χ1) is 12.2. The molecule has 1 fully saturated rings. The topological polar surface area (TPSA) is 37.7 Å². The highest BCUT2D eigenvalue weighted by molar-refractivity contribution is 7.80. The average Bonchev–Trinajstić information content (AvgIpc) is 3.04. The normalized spacial score (nSPS) is 19.4. The smallest absolute Gasteiger partial charge is 0.171 e. The second kappa shape index (κ2) is 8.83. The molecule has 3 rings (SSSR count). The summed E-state index contributed by atoms with van der Waals surface area (Å²) in [7, 11) is 0. The average molecular weight is 357 g/mol. The lowest BCUT2D eigenvalue weighted by Gasteiger charge is -2.16. The van der Waals surface area contributed by atoms with Gasteiger partial charge < -0.3 is 20.3 Å². The molecule has 0 spiro atoms. The van der Waals surface area contributed by atoms with Crippen LogP contribution in [-0.4, -0.2) is 30.9 Å². The Hall–Kier alpha value is -2.11. The maximum atomic E-state index is 5.46. The second-order valence-electron chi connectivity index (χ2n) is 6.41. The van der Waals surface area contributed by atoms with Crippen LogP contribution in [0.1, 0.15) is 18.9 Å². The first-order valence-electron chi connectivity index (χ1n) is 8.91. The van der Waals surface area contributed by atoms with E-state index in [9.17, 15) is 0 Å². The van der Waals surface area contributed by atoms with Crippen molar-refractivity contribution in [1.82, 2.24) is 5.32 Å². The van der Waals surface area contributed by atoms with Crippen LogP contribution in [0.2, 0.25) is 0 Å². The van der Waals surface area contributed by atoms with Crippen molar-refractivity contribution in [3.05, 3.63) is 60.2 Å². The maximum absolute atomic E-state index is 5.46. The molecule has 0 aliphatic carbocycles. The van der Waals surface area contributed by atoms with Crippen LogP contribution in [-0.2, 0) is 6.54 Å². The molecule has 25 heavy (non-hydrogen) atoms. The minimum absolute atomic E-state index is 0.432. The van der Waals surface area contributed by atoms with E-state index in [0.717, 1.165) is 30.9 Å². The van der Waals surface area contributed by atoms with E-state index < -0.39 is 0 Å². The van der Waals surface area contributed by atoms with Crippen LogP contribution in [0.15, 0.2) is 54.6 Å². The number of thiocarbonyl (C=S) groups is 1. The fourth-order valence-electron chi connectivity index (χ4n) is 3.25. The number of anilines is 1. The van der Waals surface area contributed by atoms with Gasteiger partial charge in [-0.2, -0.15) is 0 Å². The van der Waals surface area contributed by atoms with Crippen LogP contribution in [0, 0.1) is 0 Å². The summed E-state index contributed by atoms with van der Waals surface area (Å²) in [6, 6.07) is 19.0. The van der Waals surface area contributed by atoms with Crippen molar-refractivity contribution < 1.29 is 9.64 Å². The van der Waals surface area contributed by atoms with Gasteiger partial charge in [0.2, 0.25) is 0 Å². The van der Waals surface area contributed by atoms with Crippen molar-refractivity contribution in [1.29, 1.82) is 0 Å². The summed E-state index contributed by atoms with van der Waals surface area (Å²) in [6.45, 7) is 6.02. The van der Waals surface area contributed by atoms with Gasteiger partial charge in [-0.1, -0.05) is 30.3 Å². The summed E-state index contributed by atoms with van der Waals surface area (Å²) in [5.41, 5.74) is 2.38. The predicted molar refractivity (Wildman–Crippen MR) is 106 cm³/mol. The minimum Gasteiger partial charge on any atom is -0.494 e. The van der Waals surface area contributed by atoms with Gasteiger partial charge in [0.05, 0.1) is 25.7 Å². The zero-order valence-electron chi connectivity index (χ0n) is 14.6. The molecule has 0 amide bonds. The Morgan fingerprint density at radius 2 is 1.92 bits per heavy atom. The Morgan fingerprint density at radius 1 is 1.16 bits per heavy atom. The molecule has 0 saturated carbocycles. The highest BCUT2D eigenvalue weighted by Crippen LogP contribution is 2.15. The van der Waals surface area contributed by atoms with Gasteiger partial charge in [-0.25, -0.2) is 0 Å². The standard InChI is InChI=1S/C20H25N3OS/c1-2-24-19-10-8-17(9-11-19)21-20(25)22-18-12-13-23(15-18)14-16-6-4-3-5-7-16/h3-11,18H,2,12-15H2,1H3,(H2,21,22,25)/p+1/t18-/m0/s1. The molecule has 0 aromatic heterocycles. The van der Waals surface area contributed by atoms with Crippen molar-refractivity contribution in [2.75, 3.05) is 25.0 Å². The van der Waals surface area contributed by atoms with E-state index in [1.54, 1.807) is 4.90 Å². The van der Waals surface area contributed by atoms with Gasteiger partial charge in [0.15, 0.2) is 5.11 Å². The molecule has 5 heteroatoms. The van der Waals surface area contributed by atoms with Gasteiger partial charge in [0.1, 0.15) is 12.3 Å². The largest absolute Gasteiger partial charge is 0.494 e. The Labute approximate surface area is 155 Å². The van der Waals surface area contributed by atoms with E-state index in [0.29, 0.717) is 17.8 Å². The van der Waals surface area contributed by atoms with Crippen LogP contribution in [0.5, 0.6) is 5.75 Å². The third kappa shape index (κ3) is 5.44. The van der Waals surface area contributed by atoms with Crippen molar-refractivity contribution in [2.45, 2.75) is 25.9 Å². The number of quaternary nitrogens is 1. The molecule has 1 unspecified atom stereocenters. The van der Waals surface area contributed by atoms with E-state index in [2.05, 4.69) is 41.0 Å². The molecule has 2 aromatic rings. The summed E-state index contributed by atoms with van der Waals surface area (Å²) >= 11 is 5.46. The molecule has 0 bridgehead atoms. The van der Waals surface area contributed by atoms with Gasteiger partial charge in [-0.3, -0.25) is 0 Å². The molecule has 1 aliphatic rings. The summed E-state index contributed by atoms with van der Waals surface area (Å²) in [4.78, 5) is 1.60. The van der Waals surface area contributed by atoms with Gasteiger partial charge >= 0.3 is 0 Å². The van der Waals surface area contributed by atoms with E-state index in [4.69, 9.17) is 17.0 Å². The van der Waals surface area contributed by atoms with Crippen LogP contribution in [0.25, 0.3) is 0 Å². The summed E-state index contributed by atoms with van der Waals surface area (Å²) < 4.78 is 5.46. The number of nitrogens with one attached hydrogen (secondary N) is 3. The first kappa shape index (κ1) is 17.7. The molecule has 3 N–H and O–H groups in total. The summed E-state index contributed by atoms with van der Waals surface area (Å²) in [6.07, 6.45) is 1.15. The molecule has 1 heterocycles. The van der Waals surface area contributed by atoms with Crippen LogP contribution in [0.4, 0.5) is 5.69 Å². The number of hydrogen-bond donors (Lipinski definition) is 3. The minimum atomic E-state index is 0.432. The number of hydrogen-bond acceptors (Lipinski definition) is 2.